The summed E-state index contributed by atoms with van der Waals surface area (Å²) in [5.74, 6) is 1.69. The molecule has 2 heteroatoms. The van der Waals surface area contributed by atoms with Gasteiger partial charge in [0.05, 0.1) is 6.54 Å². The lowest BCUT2D eigenvalue weighted by Crippen LogP contribution is -2.18. The molecule has 0 heterocycles. The summed E-state index contributed by atoms with van der Waals surface area (Å²) in [6, 6.07) is 0. The van der Waals surface area contributed by atoms with Crippen molar-refractivity contribution in [2.75, 3.05) is 6.54 Å². The van der Waals surface area contributed by atoms with Gasteiger partial charge in [-0.05, 0) is 17.8 Å². The molecule has 0 unspecified atom stereocenters. The monoisotopic (exact) mass is 155 g/mol. The van der Waals surface area contributed by atoms with Gasteiger partial charge in [-0.1, -0.05) is 27.7 Å². The lowest BCUT2D eigenvalue weighted by Gasteiger charge is -2.21. The van der Waals surface area contributed by atoms with E-state index in [2.05, 4.69) is 32.7 Å². The van der Waals surface area contributed by atoms with Crippen LogP contribution >= 0.6 is 0 Å². The fraction of sp³-hybridized carbons (Fsp3) is 0.889. The van der Waals surface area contributed by atoms with Crippen LogP contribution in [0.15, 0.2) is 4.99 Å². The Labute approximate surface area is 68.7 Å². The first-order valence-electron chi connectivity index (χ1n) is 4.13. The molecule has 0 aromatic rings. The highest BCUT2D eigenvalue weighted by molar-refractivity contribution is 5.32. The summed E-state index contributed by atoms with van der Waals surface area (Å²) in [5, 5.41) is 0. The summed E-state index contributed by atoms with van der Waals surface area (Å²) in [5.41, 5.74) is 0. The molecule has 0 saturated carbocycles. The Hall–Kier alpha value is -0.620. The highest BCUT2D eigenvalue weighted by atomic mass is 16.1. The molecule has 0 N–H and O–H groups in total. The highest BCUT2D eigenvalue weighted by Gasteiger charge is 2.16. The standard InChI is InChI=1S/C9H17NO/c1-7(2)9(8(3)4)5-10-6-11/h7-9H,5H2,1-4H3. The number of hydrogen-bond donors (Lipinski definition) is 0. The van der Waals surface area contributed by atoms with Gasteiger partial charge in [0, 0.05) is 0 Å². The molecule has 0 aliphatic carbocycles. The topological polar surface area (TPSA) is 29.4 Å². The Morgan fingerprint density at radius 3 is 1.91 bits per heavy atom. The molecule has 64 valence electrons. The average Bonchev–Trinajstić information content (AvgIpc) is 1.87. The van der Waals surface area contributed by atoms with Crippen molar-refractivity contribution in [1.82, 2.24) is 0 Å². The maximum atomic E-state index is 9.86. The molecule has 0 bridgehead atoms. The van der Waals surface area contributed by atoms with E-state index in [-0.39, 0.29) is 0 Å². The van der Waals surface area contributed by atoms with E-state index in [0.717, 1.165) is 0 Å². The predicted molar refractivity (Wildman–Crippen MR) is 46.2 cm³/mol. The van der Waals surface area contributed by atoms with E-state index in [4.69, 9.17) is 0 Å². The van der Waals surface area contributed by atoms with Gasteiger partial charge in [0.2, 0.25) is 6.08 Å². The molecule has 0 atom stereocenters. The molecular weight excluding hydrogens is 138 g/mol. The Bertz CT molecular complexity index is 138. The summed E-state index contributed by atoms with van der Waals surface area (Å²) in [4.78, 5) is 13.5. The molecule has 2 nitrogen and oxygen atoms in total. The van der Waals surface area contributed by atoms with E-state index in [1.807, 2.05) is 0 Å². The van der Waals surface area contributed by atoms with Gasteiger partial charge in [0.1, 0.15) is 0 Å². The van der Waals surface area contributed by atoms with Crippen molar-refractivity contribution < 1.29 is 4.79 Å². The van der Waals surface area contributed by atoms with E-state index >= 15 is 0 Å². The minimum absolute atomic E-state index is 0.511. The van der Waals surface area contributed by atoms with Gasteiger partial charge in [0.25, 0.3) is 0 Å². The second kappa shape index (κ2) is 5.09. The Kier molecular flexibility index (Phi) is 4.80. The minimum Gasteiger partial charge on any atom is -0.211 e. The third-order valence-corrected chi connectivity index (χ3v) is 2.08. The second-order valence-corrected chi connectivity index (χ2v) is 3.58. The lowest BCUT2D eigenvalue weighted by atomic mass is 9.86. The summed E-state index contributed by atoms with van der Waals surface area (Å²) in [6.45, 7) is 9.25. The summed E-state index contributed by atoms with van der Waals surface area (Å²) >= 11 is 0. The molecule has 0 rings (SSSR count). The Balaban J connectivity index is 3.99. The first kappa shape index (κ1) is 10.4. The van der Waals surface area contributed by atoms with E-state index in [1.165, 1.54) is 0 Å². The number of isocyanates is 1. The van der Waals surface area contributed by atoms with Crippen LogP contribution in [-0.4, -0.2) is 12.6 Å². The SMILES string of the molecule is CC(C)C(CN=C=O)C(C)C. The van der Waals surface area contributed by atoms with Gasteiger partial charge in [-0.15, -0.1) is 0 Å². The van der Waals surface area contributed by atoms with E-state index in [1.54, 1.807) is 6.08 Å². The van der Waals surface area contributed by atoms with Crippen molar-refractivity contribution in [1.29, 1.82) is 0 Å². The fourth-order valence-electron chi connectivity index (χ4n) is 1.33. The Morgan fingerprint density at radius 2 is 1.64 bits per heavy atom. The van der Waals surface area contributed by atoms with Crippen molar-refractivity contribution in [2.24, 2.45) is 22.7 Å². The van der Waals surface area contributed by atoms with E-state index in [0.29, 0.717) is 24.3 Å². The maximum Gasteiger partial charge on any atom is 0.234 e. The molecule has 0 spiro atoms. The molecule has 0 saturated heterocycles. The van der Waals surface area contributed by atoms with Crippen molar-refractivity contribution >= 4 is 6.08 Å². The molecule has 11 heavy (non-hydrogen) atoms. The zero-order valence-electron chi connectivity index (χ0n) is 7.79. The minimum atomic E-state index is 0.511. The van der Waals surface area contributed by atoms with Crippen LogP contribution in [0.25, 0.3) is 0 Å². The summed E-state index contributed by atoms with van der Waals surface area (Å²) in [6.07, 6.45) is 1.58. The zero-order valence-corrected chi connectivity index (χ0v) is 7.79. The molecule has 0 aliphatic heterocycles. The van der Waals surface area contributed by atoms with Gasteiger partial charge in [0.15, 0.2) is 0 Å². The quantitative estimate of drug-likeness (QED) is 0.452. The first-order chi connectivity index (χ1) is 5.09. The molecular formula is C9H17NO. The van der Waals surface area contributed by atoms with Crippen molar-refractivity contribution in [3.05, 3.63) is 0 Å². The lowest BCUT2D eigenvalue weighted by molar-refractivity contribution is 0.297. The van der Waals surface area contributed by atoms with Gasteiger partial charge in [-0.2, -0.15) is 0 Å². The molecule has 0 aliphatic rings. The number of hydrogen-bond acceptors (Lipinski definition) is 2. The molecule has 0 fully saturated rings. The van der Waals surface area contributed by atoms with Gasteiger partial charge in [-0.25, -0.2) is 9.79 Å². The number of carbonyl (C=O) groups excluding carboxylic acids is 1. The predicted octanol–water partition coefficient (Wildman–Crippen LogP) is 2.25. The van der Waals surface area contributed by atoms with Crippen LogP contribution in [-0.2, 0) is 4.79 Å². The van der Waals surface area contributed by atoms with Gasteiger partial charge >= 0.3 is 0 Å². The van der Waals surface area contributed by atoms with Crippen LogP contribution in [0.3, 0.4) is 0 Å². The maximum absolute atomic E-state index is 9.86. The highest BCUT2D eigenvalue weighted by Crippen LogP contribution is 2.20. The third kappa shape index (κ3) is 3.94. The van der Waals surface area contributed by atoms with Crippen LogP contribution in [0.2, 0.25) is 0 Å². The average molecular weight is 155 g/mol. The number of rotatable bonds is 4. The van der Waals surface area contributed by atoms with Crippen molar-refractivity contribution in [3.8, 4) is 0 Å². The summed E-state index contributed by atoms with van der Waals surface area (Å²) in [7, 11) is 0. The number of aliphatic imine (C=N–C) groups is 1. The summed E-state index contributed by atoms with van der Waals surface area (Å²) < 4.78 is 0. The van der Waals surface area contributed by atoms with Crippen LogP contribution in [0.4, 0.5) is 0 Å². The molecule has 0 aromatic carbocycles. The zero-order chi connectivity index (χ0) is 8.85. The smallest absolute Gasteiger partial charge is 0.211 e. The van der Waals surface area contributed by atoms with Crippen molar-refractivity contribution in [3.63, 3.8) is 0 Å². The normalized spacial score (nSPS) is 10.8. The van der Waals surface area contributed by atoms with E-state index < -0.39 is 0 Å². The van der Waals surface area contributed by atoms with Gasteiger partial charge < -0.3 is 0 Å². The number of nitrogens with zero attached hydrogens (tertiary/aromatic N) is 1. The largest absolute Gasteiger partial charge is 0.234 e. The van der Waals surface area contributed by atoms with Crippen LogP contribution in [0.1, 0.15) is 27.7 Å². The van der Waals surface area contributed by atoms with Crippen LogP contribution < -0.4 is 0 Å². The third-order valence-electron chi connectivity index (χ3n) is 2.08. The Morgan fingerprint density at radius 1 is 1.18 bits per heavy atom. The van der Waals surface area contributed by atoms with E-state index in [9.17, 15) is 4.79 Å². The van der Waals surface area contributed by atoms with Crippen molar-refractivity contribution in [2.45, 2.75) is 27.7 Å². The fourth-order valence-corrected chi connectivity index (χ4v) is 1.33. The molecule has 0 radical (unpaired) electrons. The van der Waals surface area contributed by atoms with Crippen LogP contribution in [0, 0.1) is 17.8 Å². The van der Waals surface area contributed by atoms with Crippen LogP contribution in [0.5, 0.6) is 0 Å². The first-order valence-corrected chi connectivity index (χ1v) is 4.13. The second-order valence-electron chi connectivity index (χ2n) is 3.58. The molecule has 0 aromatic heterocycles. The van der Waals surface area contributed by atoms with Gasteiger partial charge in [-0.3, -0.25) is 0 Å². The molecule has 0 amide bonds.